The highest BCUT2D eigenvalue weighted by Gasteiger charge is 2.35. The summed E-state index contributed by atoms with van der Waals surface area (Å²) in [7, 11) is 0. The Kier molecular flexibility index (Phi) is 5.19. The van der Waals surface area contributed by atoms with Gasteiger partial charge in [0.25, 0.3) is 5.91 Å². The quantitative estimate of drug-likeness (QED) is 0.872. The summed E-state index contributed by atoms with van der Waals surface area (Å²) in [5, 5.41) is 10.0. The molecular formula is C19H20FNO4. The molecule has 25 heavy (non-hydrogen) atoms. The zero-order chi connectivity index (χ0) is 17.8. The Hall–Kier alpha value is -2.60. The number of rotatable bonds is 6. The Morgan fingerprint density at radius 3 is 2.60 bits per heavy atom. The van der Waals surface area contributed by atoms with Crippen LogP contribution in [0.3, 0.4) is 0 Å². The summed E-state index contributed by atoms with van der Waals surface area (Å²) < 4.78 is 24.0. The fourth-order valence-corrected chi connectivity index (χ4v) is 2.57. The first-order valence-corrected chi connectivity index (χ1v) is 8.10. The van der Waals surface area contributed by atoms with Gasteiger partial charge < -0.3 is 19.5 Å². The molecule has 0 spiro atoms. The third kappa shape index (κ3) is 4.28. The molecular weight excluding hydrogens is 325 g/mol. The van der Waals surface area contributed by atoms with Crippen LogP contribution in [0.4, 0.5) is 4.39 Å². The van der Waals surface area contributed by atoms with E-state index < -0.39 is 6.10 Å². The second-order valence-corrected chi connectivity index (χ2v) is 6.03. The van der Waals surface area contributed by atoms with Crippen molar-refractivity contribution in [2.24, 2.45) is 0 Å². The minimum absolute atomic E-state index is 0.0936. The van der Waals surface area contributed by atoms with Gasteiger partial charge in [0.05, 0.1) is 13.1 Å². The minimum Gasteiger partial charge on any atom is -0.490 e. The number of hydrogen-bond acceptors (Lipinski definition) is 4. The van der Waals surface area contributed by atoms with Crippen molar-refractivity contribution in [1.82, 2.24) is 4.90 Å². The number of amides is 1. The standard InChI is InChI=1S/C19H20FNO4/c1-13-4-2-3-5-18(13)24-12-17(22)19(23)21-10-16(11-21)25-15-8-6-14(20)7-9-15/h2-9,16-17,22H,10-12H2,1H3/t17-/m1/s1. The number of likely N-dealkylation sites (tertiary alicyclic amines) is 1. The van der Waals surface area contributed by atoms with Crippen molar-refractivity contribution in [3.63, 3.8) is 0 Å². The number of halogens is 1. The van der Waals surface area contributed by atoms with Crippen LogP contribution in [0.2, 0.25) is 0 Å². The first-order valence-electron chi connectivity index (χ1n) is 8.10. The molecule has 2 aromatic carbocycles. The Labute approximate surface area is 145 Å². The Balaban J connectivity index is 1.43. The van der Waals surface area contributed by atoms with Crippen LogP contribution in [-0.2, 0) is 4.79 Å². The van der Waals surface area contributed by atoms with Crippen LogP contribution in [0.1, 0.15) is 5.56 Å². The van der Waals surface area contributed by atoms with E-state index in [2.05, 4.69) is 0 Å². The number of para-hydroxylation sites is 1. The fourth-order valence-electron chi connectivity index (χ4n) is 2.57. The number of carbonyl (C=O) groups excluding carboxylic acids is 1. The summed E-state index contributed by atoms with van der Waals surface area (Å²) >= 11 is 0. The van der Waals surface area contributed by atoms with Gasteiger partial charge in [0, 0.05) is 0 Å². The van der Waals surface area contributed by atoms with Crippen molar-refractivity contribution in [2.75, 3.05) is 19.7 Å². The molecule has 1 aliphatic heterocycles. The van der Waals surface area contributed by atoms with Crippen LogP contribution in [0.15, 0.2) is 48.5 Å². The summed E-state index contributed by atoms with van der Waals surface area (Å²) in [6.07, 6.45) is -1.37. The van der Waals surface area contributed by atoms with Crippen LogP contribution in [0, 0.1) is 12.7 Å². The highest BCUT2D eigenvalue weighted by Crippen LogP contribution is 2.20. The zero-order valence-corrected chi connectivity index (χ0v) is 13.9. The Bertz CT molecular complexity index is 728. The molecule has 0 radical (unpaired) electrons. The summed E-state index contributed by atoms with van der Waals surface area (Å²) in [5.74, 6) is 0.500. The monoisotopic (exact) mass is 345 g/mol. The van der Waals surface area contributed by atoms with Gasteiger partial charge in [-0.1, -0.05) is 18.2 Å². The lowest BCUT2D eigenvalue weighted by Crippen LogP contribution is -2.59. The third-order valence-electron chi connectivity index (χ3n) is 4.05. The summed E-state index contributed by atoms with van der Waals surface area (Å²) in [5.41, 5.74) is 0.943. The lowest BCUT2D eigenvalue weighted by atomic mass is 10.1. The maximum atomic E-state index is 12.8. The van der Waals surface area contributed by atoms with E-state index >= 15 is 0 Å². The lowest BCUT2D eigenvalue weighted by Gasteiger charge is -2.39. The number of benzene rings is 2. The van der Waals surface area contributed by atoms with Crippen LogP contribution >= 0.6 is 0 Å². The Morgan fingerprint density at radius 2 is 1.92 bits per heavy atom. The number of carbonyl (C=O) groups is 1. The lowest BCUT2D eigenvalue weighted by molar-refractivity contribution is -0.150. The van der Waals surface area contributed by atoms with E-state index in [1.54, 1.807) is 18.2 Å². The summed E-state index contributed by atoms with van der Waals surface area (Å²) in [6.45, 7) is 2.58. The Morgan fingerprint density at radius 1 is 1.24 bits per heavy atom. The molecule has 0 bridgehead atoms. The van der Waals surface area contributed by atoms with Crippen molar-refractivity contribution in [2.45, 2.75) is 19.1 Å². The first kappa shape index (κ1) is 17.2. The summed E-state index contributed by atoms with van der Waals surface area (Å²) in [4.78, 5) is 13.7. The third-order valence-corrected chi connectivity index (χ3v) is 4.05. The second-order valence-electron chi connectivity index (χ2n) is 6.03. The van der Waals surface area contributed by atoms with E-state index in [-0.39, 0.29) is 24.4 Å². The van der Waals surface area contributed by atoms with Gasteiger partial charge in [-0.3, -0.25) is 4.79 Å². The van der Waals surface area contributed by atoms with Crippen LogP contribution in [0.5, 0.6) is 11.5 Å². The van der Waals surface area contributed by atoms with Gasteiger partial charge in [0.1, 0.15) is 30.0 Å². The molecule has 1 heterocycles. The van der Waals surface area contributed by atoms with E-state index in [0.29, 0.717) is 24.6 Å². The van der Waals surface area contributed by atoms with Crippen molar-refractivity contribution >= 4 is 5.91 Å². The molecule has 0 aliphatic carbocycles. The average molecular weight is 345 g/mol. The molecule has 0 unspecified atom stereocenters. The highest BCUT2D eigenvalue weighted by atomic mass is 19.1. The van der Waals surface area contributed by atoms with Gasteiger partial charge in [-0.15, -0.1) is 0 Å². The minimum atomic E-state index is -1.22. The second kappa shape index (κ2) is 7.53. The van der Waals surface area contributed by atoms with E-state index in [1.165, 1.54) is 17.0 Å². The number of hydrogen-bond donors (Lipinski definition) is 1. The van der Waals surface area contributed by atoms with Gasteiger partial charge in [0.2, 0.25) is 0 Å². The van der Waals surface area contributed by atoms with Crippen molar-refractivity contribution in [3.8, 4) is 11.5 Å². The normalized spacial score (nSPS) is 15.4. The van der Waals surface area contributed by atoms with Gasteiger partial charge in [-0.25, -0.2) is 4.39 Å². The smallest absolute Gasteiger partial charge is 0.255 e. The summed E-state index contributed by atoms with van der Waals surface area (Å²) in [6, 6.07) is 13.2. The topological polar surface area (TPSA) is 59.0 Å². The molecule has 1 N–H and O–H groups in total. The number of aryl methyl sites for hydroxylation is 1. The van der Waals surface area contributed by atoms with Crippen LogP contribution in [-0.4, -0.2) is 47.8 Å². The average Bonchev–Trinajstić information content (AvgIpc) is 2.58. The van der Waals surface area contributed by atoms with Gasteiger partial charge in [0.15, 0.2) is 6.10 Å². The molecule has 1 fully saturated rings. The van der Waals surface area contributed by atoms with E-state index in [1.807, 2.05) is 25.1 Å². The molecule has 5 nitrogen and oxygen atoms in total. The van der Waals surface area contributed by atoms with Crippen LogP contribution in [0.25, 0.3) is 0 Å². The van der Waals surface area contributed by atoms with Crippen LogP contribution < -0.4 is 9.47 Å². The number of nitrogens with zero attached hydrogens (tertiary/aromatic N) is 1. The molecule has 6 heteroatoms. The number of aliphatic hydroxyl groups excluding tert-OH is 1. The molecule has 1 atom stereocenters. The SMILES string of the molecule is Cc1ccccc1OC[C@@H](O)C(=O)N1CC(Oc2ccc(F)cc2)C1. The fraction of sp³-hybridized carbons (Fsp3) is 0.316. The molecule has 2 aromatic rings. The molecule has 1 amide bonds. The van der Waals surface area contributed by atoms with E-state index in [0.717, 1.165) is 5.56 Å². The van der Waals surface area contributed by atoms with Gasteiger partial charge in [-0.05, 0) is 42.8 Å². The molecule has 1 aliphatic rings. The maximum Gasteiger partial charge on any atom is 0.255 e. The molecule has 3 rings (SSSR count). The number of aliphatic hydroxyl groups is 1. The first-order chi connectivity index (χ1) is 12.0. The van der Waals surface area contributed by atoms with E-state index in [9.17, 15) is 14.3 Å². The predicted molar refractivity (Wildman–Crippen MR) is 90.1 cm³/mol. The number of ether oxygens (including phenoxy) is 2. The zero-order valence-electron chi connectivity index (χ0n) is 13.9. The van der Waals surface area contributed by atoms with E-state index in [4.69, 9.17) is 9.47 Å². The van der Waals surface area contributed by atoms with Gasteiger partial charge in [-0.2, -0.15) is 0 Å². The molecule has 1 saturated heterocycles. The molecule has 0 saturated carbocycles. The maximum absolute atomic E-state index is 12.8. The highest BCUT2D eigenvalue weighted by molar-refractivity contribution is 5.81. The molecule has 132 valence electrons. The van der Waals surface area contributed by atoms with Crippen molar-refractivity contribution in [1.29, 1.82) is 0 Å². The van der Waals surface area contributed by atoms with Crippen molar-refractivity contribution < 1.29 is 23.8 Å². The largest absolute Gasteiger partial charge is 0.490 e. The predicted octanol–water partition coefficient (Wildman–Crippen LogP) is 2.16. The molecule has 0 aromatic heterocycles. The van der Waals surface area contributed by atoms with Crippen molar-refractivity contribution in [3.05, 3.63) is 59.9 Å². The van der Waals surface area contributed by atoms with Gasteiger partial charge >= 0.3 is 0 Å².